The molecule has 2 rings (SSSR count). The van der Waals surface area contributed by atoms with Crippen molar-refractivity contribution in [1.82, 2.24) is 0 Å². The highest BCUT2D eigenvalue weighted by molar-refractivity contribution is 9.10. The minimum absolute atomic E-state index is 0.127. The van der Waals surface area contributed by atoms with Gasteiger partial charge < -0.3 is 0 Å². The Labute approximate surface area is 158 Å². The van der Waals surface area contributed by atoms with E-state index in [0.717, 1.165) is 26.9 Å². The van der Waals surface area contributed by atoms with Gasteiger partial charge in [0.05, 0.1) is 11.9 Å². The molecule has 0 unspecified atom stereocenters. The summed E-state index contributed by atoms with van der Waals surface area (Å²) in [5.74, 6) is 0.127. The van der Waals surface area contributed by atoms with E-state index in [9.17, 15) is 4.79 Å². The first-order chi connectivity index (χ1) is 11.5. The first-order valence-electron chi connectivity index (χ1n) is 8.34. The van der Waals surface area contributed by atoms with Crippen LogP contribution < -0.4 is 0 Å². The first kappa shape index (κ1) is 19.5. The molecule has 0 heterocycles. The minimum atomic E-state index is -0.218. The molecule has 3 nitrogen and oxygen atoms in total. The van der Waals surface area contributed by atoms with Gasteiger partial charge >= 0.3 is 0 Å². The van der Waals surface area contributed by atoms with Crippen molar-refractivity contribution in [3.8, 4) is 0 Å². The predicted octanol–water partition coefficient (Wildman–Crippen LogP) is 6.94. The normalized spacial score (nSPS) is 16.1. The number of carbonyl (C=O) groups excluding carboxylic acids is 1. The van der Waals surface area contributed by atoms with Gasteiger partial charge in [0, 0.05) is 15.6 Å². The van der Waals surface area contributed by atoms with Gasteiger partial charge in [-0.1, -0.05) is 57.5 Å². The number of nitrogens with zero attached hydrogens (tertiary/aromatic N) is 2. The van der Waals surface area contributed by atoms with Crippen molar-refractivity contribution < 1.29 is 4.79 Å². The number of benzene rings is 1. The second-order valence-electron chi connectivity index (χ2n) is 8.27. The lowest BCUT2D eigenvalue weighted by Crippen LogP contribution is -2.27. The lowest BCUT2D eigenvalue weighted by molar-refractivity contribution is -0.114. The summed E-state index contributed by atoms with van der Waals surface area (Å²) < 4.78 is 1.01. The summed E-state index contributed by atoms with van der Waals surface area (Å²) in [6.45, 7) is 12.4. The van der Waals surface area contributed by atoms with E-state index in [1.807, 2.05) is 36.4 Å². The van der Waals surface area contributed by atoms with E-state index >= 15 is 0 Å². The number of Topliss-reactive ketones (excluding diaryl/α,β-unsaturated/α-hetero) is 1. The zero-order valence-corrected chi connectivity index (χ0v) is 17.3. The van der Waals surface area contributed by atoms with Crippen molar-refractivity contribution in [3.63, 3.8) is 0 Å². The van der Waals surface area contributed by atoms with Crippen LogP contribution in [0, 0.1) is 10.8 Å². The topological polar surface area (TPSA) is 41.8 Å². The zero-order chi connectivity index (χ0) is 18.8. The second-order valence-corrected chi connectivity index (χ2v) is 9.18. The maximum Gasteiger partial charge on any atom is 0.186 e. The lowest BCUT2D eigenvalue weighted by Gasteiger charge is -2.31. The fraction of sp³-hybridized carbons (Fsp3) is 0.381. The predicted molar refractivity (Wildman–Crippen MR) is 107 cm³/mol. The van der Waals surface area contributed by atoms with E-state index in [0.29, 0.717) is 0 Å². The Morgan fingerprint density at radius 3 is 1.80 bits per heavy atom. The van der Waals surface area contributed by atoms with Gasteiger partial charge in [-0.2, -0.15) is 10.2 Å². The molecule has 1 aliphatic rings. The second kappa shape index (κ2) is 7.20. The number of rotatable bonds is 2. The Hall–Kier alpha value is -1.81. The Kier molecular flexibility index (Phi) is 5.62. The number of carbonyl (C=O) groups is 1. The third-order valence-electron chi connectivity index (χ3n) is 3.93. The molecule has 25 heavy (non-hydrogen) atoms. The molecule has 4 heteroatoms. The number of hydrogen-bond donors (Lipinski definition) is 0. The van der Waals surface area contributed by atoms with E-state index in [4.69, 9.17) is 0 Å². The monoisotopic (exact) mass is 400 g/mol. The van der Waals surface area contributed by atoms with Gasteiger partial charge in [-0.3, -0.25) is 4.79 Å². The molecule has 0 N–H and O–H groups in total. The first-order valence-corrected chi connectivity index (χ1v) is 9.13. The SMILES string of the molecule is CC(C)(C)C1=CC(=CN=Nc2ccc(Br)cc2)C=C(C(C)(C)C)C1=O. The van der Waals surface area contributed by atoms with Gasteiger partial charge in [0.15, 0.2) is 5.78 Å². The van der Waals surface area contributed by atoms with E-state index < -0.39 is 0 Å². The Bertz CT molecular complexity index is 747. The molecular formula is C21H25BrN2O. The van der Waals surface area contributed by atoms with Crippen LogP contribution >= 0.6 is 15.9 Å². The number of hydrogen-bond acceptors (Lipinski definition) is 3. The van der Waals surface area contributed by atoms with E-state index in [1.54, 1.807) is 6.20 Å². The van der Waals surface area contributed by atoms with Crippen molar-refractivity contribution in [2.45, 2.75) is 41.5 Å². The third-order valence-corrected chi connectivity index (χ3v) is 4.46. The van der Waals surface area contributed by atoms with Gasteiger partial charge in [0.1, 0.15) is 0 Å². The highest BCUT2D eigenvalue weighted by atomic mass is 79.9. The summed E-state index contributed by atoms with van der Waals surface area (Å²) in [7, 11) is 0. The van der Waals surface area contributed by atoms with Crippen LogP contribution in [0.25, 0.3) is 0 Å². The molecule has 0 bridgehead atoms. The molecule has 0 atom stereocenters. The van der Waals surface area contributed by atoms with Crippen molar-refractivity contribution in [2.75, 3.05) is 0 Å². The number of allylic oxidation sites excluding steroid dienone is 5. The van der Waals surface area contributed by atoms with Crippen molar-refractivity contribution in [2.24, 2.45) is 21.1 Å². The molecule has 0 aromatic heterocycles. The highest BCUT2D eigenvalue weighted by Gasteiger charge is 2.33. The van der Waals surface area contributed by atoms with E-state index in [1.165, 1.54) is 0 Å². The van der Waals surface area contributed by atoms with E-state index in [2.05, 4.69) is 67.7 Å². The summed E-state index contributed by atoms with van der Waals surface area (Å²) in [5, 5.41) is 8.42. The maximum atomic E-state index is 12.9. The number of halogens is 1. The average Bonchev–Trinajstić information content (AvgIpc) is 2.48. The van der Waals surface area contributed by atoms with E-state index in [-0.39, 0.29) is 16.6 Å². The molecule has 1 aromatic rings. The highest BCUT2D eigenvalue weighted by Crippen LogP contribution is 2.38. The van der Waals surface area contributed by atoms with Crippen LogP contribution in [0.5, 0.6) is 0 Å². The molecular weight excluding hydrogens is 376 g/mol. The molecule has 0 aliphatic heterocycles. The molecule has 1 aliphatic carbocycles. The minimum Gasteiger partial charge on any atom is -0.289 e. The van der Waals surface area contributed by atoms with Crippen molar-refractivity contribution in [3.05, 3.63) is 63.8 Å². The Morgan fingerprint density at radius 2 is 1.36 bits per heavy atom. The molecule has 1 aromatic carbocycles. The summed E-state index contributed by atoms with van der Waals surface area (Å²) in [4.78, 5) is 12.9. The molecule has 0 saturated heterocycles. The van der Waals surface area contributed by atoms with Gasteiger partial charge in [-0.15, -0.1) is 0 Å². The smallest absolute Gasteiger partial charge is 0.186 e. The van der Waals surface area contributed by atoms with Crippen LogP contribution in [0.4, 0.5) is 5.69 Å². The largest absolute Gasteiger partial charge is 0.289 e. The van der Waals surface area contributed by atoms with Crippen LogP contribution in [-0.4, -0.2) is 5.78 Å². The fourth-order valence-corrected chi connectivity index (χ4v) is 2.77. The number of azo groups is 1. The number of ketones is 1. The lowest BCUT2D eigenvalue weighted by atomic mass is 9.72. The quantitative estimate of drug-likeness (QED) is 0.495. The van der Waals surface area contributed by atoms with Gasteiger partial charge in [0.2, 0.25) is 0 Å². The fourth-order valence-electron chi connectivity index (χ4n) is 2.51. The van der Waals surface area contributed by atoms with Gasteiger partial charge in [-0.05, 0) is 52.8 Å². The van der Waals surface area contributed by atoms with Crippen LogP contribution in [0.15, 0.2) is 74.0 Å². The van der Waals surface area contributed by atoms with Crippen LogP contribution in [0.3, 0.4) is 0 Å². The van der Waals surface area contributed by atoms with Gasteiger partial charge in [0.25, 0.3) is 0 Å². The van der Waals surface area contributed by atoms with Crippen molar-refractivity contribution in [1.29, 1.82) is 0 Å². The van der Waals surface area contributed by atoms with Crippen molar-refractivity contribution >= 4 is 27.4 Å². The standard InChI is InChI=1S/C21H25BrN2O/c1-20(2,3)17-11-14(12-18(19(17)25)21(4,5)6)13-23-24-16-9-7-15(22)8-10-16/h7-13H,1-6H3. The molecule has 0 radical (unpaired) electrons. The third kappa shape index (κ3) is 5.08. The Morgan fingerprint density at radius 1 is 0.880 bits per heavy atom. The van der Waals surface area contributed by atoms with Crippen LogP contribution in [0.2, 0.25) is 0 Å². The molecule has 0 spiro atoms. The molecule has 0 amide bonds. The average molecular weight is 401 g/mol. The Balaban J connectivity index is 2.39. The maximum absolute atomic E-state index is 12.9. The van der Waals surface area contributed by atoms with Crippen LogP contribution in [0.1, 0.15) is 41.5 Å². The molecule has 0 fully saturated rings. The van der Waals surface area contributed by atoms with Crippen LogP contribution in [-0.2, 0) is 4.79 Å². The summed E-state index contributed by atoms with van der Waals surface area (Å²) in [6.07, 6.45) is 5.57. The zero-order valence-electron chi connectivity index (χ0n) is 15.7. The molecule has 0 saturated carbocycles. The summed E-state index contributed by atoms with van der Waals surface area (Å²) >= 11 is 3.40. The summed E-state index contributed by atoms with van der Waals surface area (Å²) in [5.41, 5.74) is 2.87. The summed E-state index contributed by atoms with van der Waals surface area (Å²) in [6, 6.07) is 7.64. The molecule has 132 valence electrons. The van der Waals surface area contributed by atoms with Gasteiger partial charge in [-0.25, -0.2) is 0 Å².